The van der Waals surface area contributed by atoms with Gasteiger partial charge in [0.05, 0.1) is 11.7 Å². The van der Waals surface area contributed by atoms with Gasteiger partial charge in [0.25, 0.3) is 5.91 Å². The van der Waals surface area contributed by atoms with Gasteiger partial charge < -0.3 is 10.8 Å². The normalized spacial score (nSPS) is 11.4. The highest BCUT2D eigenvalue weighted by Gasteiger charge is 2.23. The highest BCUT2D eigenvalue weighted by Crippen LogP contribution is 2.31. The fourth-order valence-corrected chi connectivity index (χ4v) is 3.80. The van der Waals surface area contributed by atoms with Crippen LogP contribution in [0, 0.1) is 19.7 Å². The first-order chi connectivity index (χ1) is 16.3. The fraction of sp³-hybridized carbons (Fsp3) is 0.182. The molecule has 4 heterocycles. The topological polar surface area (TPSA) is 153 Å². The predicted molar refractivity (Wildman–Crippen MR) is 120 cm³/mol. The first-order valence-electron chi connectivity index (χ1n) is 10.4. The number of benzene rings is 1. The smallest absolute Gasteiger partial charge is 0.269 e. The van der Waals surface area contributed by atoms with Crippen molar-refractivity contribution in [2.45, 2.75) is 26.8 Å². The zero-order valence-electron chi connectivity index (χ0n) is 18.3. The lowest BCUT2D eigenvalue weighted by Crippen LogP contribution is -2.12. The van der Waals surface area contributed by atoms with E-state index in [1.165, 1.54) is 15.4 Å². The minimum absolute atomic E-state index is 0.0760. The summed E-state index contributed by atoms with van der Waals surface area (Å²) in [6.45, 7) is 3.74. The van der Waals surface area contributed by atoms with E-state index in [-0.39, 0.29) is 34.7 Å². The lowest BCUT2D eigenvalue weighted by atomic mass is 10.1. The number of H-pyrrole nitrogens is 1. The predicted octanol–water partition coefficient (Wildman–Crippen LogP) is 2.21. The van der Waals surface area contributed by atoms with Crippen LogP contribution in [0.15, 0.2) is 36.5 Å². The van der Waals surface area contributed by atoms with Gasteiger partial charge in [0.1, 0.15) is 17.2 Å². The number of amides is 1. The Kier molecular flexibility index (Phi) is 5.04. The number of halogens is 1. The Bertz CT molecular complexity index is 1550. The van der Waals surface area contributed by atoms with Crippen molar-refractivity contribution in [1.82, 2.24) is 39.7 Å². The molecule has 0 saturated heterocycles. The van der Waals surface area contributed by atoms with Gasteiger partial charge in [0.2, 0.25) is 11.8 Å². The second-order valence-corrected chi connectivity index (χ2v) is 7.80. The number of nitrogens with two attached hydrogens (primary N) is 1. The van der Waals surface area contributed by atoms with E-state index in [1.807, 2.05) is 0 Å². The molecule has 11 nitrogen and oxygen atoms in total. The van der Waals surface area contributed by atoms with Crippen molar-refractivity contribution < 1.29 is 14.3 Å². The Labute approximate surface area is 192 Å². The highest BCUT2D eigenvalue weighted by molar-refractivity contribution is 6.04. The number of pyridine rings is 1. The Morgan fingerprint density at radius 2 is 2.03 bits per heavy atom. The first-order valence-corrected chi connectivity index (χ1v) is 10.4. The third-order valence-electron chi connectivity index (χ3n) is 5.47. The van der Waals surface area contributed by atoms with Crippen LogP contribution in [0.1, 0.15) is 27.4 Å². The molecule has 0 unspecified atom stereocenters. The largest absolute Gasteiger partial charge is 0.504 e. The van der Waals surface area contributed by atoms with E-state index in [4.69, 9.17) is 5.73 Å². The Hall–Kier alpha value is -4.61. The van der Waals surface area contributed by atoms with Crippen LogP contribution in [-0.2, 0) is 13.0 Å². The first kappa shape index (κ1) is 21.2. The van der Waals surface area contributed by atoms with Crippen molar-refractivity contribution in [1.29, 1.82) is 0 Å². The van der Waals surface area contributed by atoms with E-state index < -0.39 is 5.91 Å². The maximum atomic E-state index is 14.0. The van der Waals surface area contributed by atoms with Crippen molar-refractivity contribution >= 4 is 16.8 Å². The van der Waals surface area contributed by atoms with E-state index in [0.717, 1.165) is 0 Å². The van der Waals surface area contributed by atoms with E-state index in [0.29, 0.717) is 40.8 Å². The van der Waals surface area contributed by atoms with Crippen LogP contribution in [-0.4, -0.2) is 50.7 Å². The second-order valence-electron chi connectivity index (χ2n) is 7.80. The zero-order valence-corrected chi connectivity index (χ0v) is 18.3. The van der Waals surface area contributed by atoms with Crippen molar-refractivity contribution in [3.63, 3.8) is 0 Å². The summed E-state index contributed by atoms with van der Waals surface area (Å²) >= 11 is 0. The quantitative estimate of drug-likeness (QED) is 0.350. The minimum Gasteiger partial charge on any atom is -0.504 e. The molecule has 1 aromatic carbocycles. The lowest BCUT2D eigenvalue weighted by Gasteiger charge is -2.06. The van der Waals surface area contributed by atoms with Gasteiger partial charge in [-0.3, -0.25) is 14.5 Å². The summed E-state index contributed by atoms with van der Waals surface area (Å²) in [5.41, 5.74) is 7.97. The van der Waals surface area contributed by atoms with Crippen LogP contribution >= 0.6 is 0 Å². The number of aromatic amines is 1. The second kappa shape index (κ2) is 8.06. The van der Waals surface area contributed by atoms with Crippen molar-refractivity contribution in [3.05, 3.63) is 65.0 Å². The summed E-state index contributed by atoms with van der Waals surface area (Å²) in [4.78, 5) is 20.6. The Morgan fingerprint density at radius 1 is 1.24 bits per heavy atom. The SMILES string of the molecule is Cc1cc2c(C(N)=O)nn(-c3nc(-c4c(O)c(C)nn4CCc4ccccc4F)n[nH]3)c2cn1. The third kappa shape index (κ3) is 3.54. The van der Waals surface area contributed by atoms with Gasteiger partial charge in [-0.15, -0.1) is 0 Å². The number of carbonyl (C=O) groups excluding carboxylic acids is 1. The standard InChI is InChI=1S/C22H20FN9O2/c1-11-9-14-16(10-25-11)32(30-17(14)20(24)34)22-26-21(27-28-22)18-19(33)12(2)29-31(18)8-7-13-5-3-4-6-15(13)23/h3-6,9-10,33H,7-8H2,1-2H3,(H2,24,34)(H,26,27,28). The maximum absolute atomic E-state index is 14.0. The number of hydrogen-bond donors (Lipinski definition) is 3. The number of fused-ring (bicyclic) bond motifs is 1. The van der Waals surface area contributed by atoms with E-state index >= 15 is 0 Å². The third-order valence-corrected chi connectivity index (χ3v) is 5.47. The summed E-state index contributed by atoms with van der Waals surface area (Å²) in [5.74, 6) is -0.729. The molecule has 1 amide bonds. The molecule has 5 rings (SSSR count). The van der Waals surface area contributed by atoms with Crippen LogP contribution in [0.4, 0.5) is 4.39 Å². The molecule has 0 aliphatic rings. The molecule has 0 saturated carbocycles. The molecular formula is C22H20FN9O2. The Balaban J connectivity index is 1.54. The summed E-state index contributed by atoms with van der Waals surface area (Å²) in [5, 5.41) is 26.8. The van der Waals surface area contributed by atoms with Gasteiger partial charge in [0, 0.05) is 17.6 Å². The molecule has 12 heteroatoms. The molecule has 4 aromatic heterocycles. The average molecular weight is 461 g/mol. The van der Waals surface area contributed by atoms with E-state index in [9.17, 15) is 14.3 Å². The van der Waals surface area contributed by atoms with Crippen LogP contribution in [0.5, 0.6) is 5.75 Å². The highest BCUT2D eigenvalue weighted by atomic mass is 19.1. The van der Waals surface area contributed by atoms with Crippen molar-refractivity contribution in [2.75, 3.05) is 0 Å². The van der Waals surface area contributed by atoms with E-state index in [1.54, 1.807) is 44.3 Å². The number of carbonyl (C=O) groups is 1. The average Bonchev–Trinajstić information content (AvgIpc) is 3.49. The van der Waals surface area contributed by atoms with Gasteiger partial charge in [-0.2, -0.15) is 25.0 Å². The molecular weight excluding hydrogens is 441 g/mol. The molecule has 0 atom stereocenters. The van der Waals surface area contributed by atoms with Crippen LogP contribution in [0.3, 0.4) is 0 Å². The van der Waals surface area contributed by atoms with Gasteiger partial charge in [-0.05, 0) is 38.0 Å². The molecule has 0 aliphatic carbocycles. The molecule has 34 heavy (non-hydrogen) atoms. The lowest BCUT2D eigenvalue weighted by molar-refractivity contribution is 0.0996. The van der Waals surface area contributed by atoms with Crippen molar-refractivity contribution in [2.24, 2.45) is 5.73 Å². The van der Waals surface area contributed by atoms with Gasteiger partial charge in [0.15, 0.2) is 11.4 Å². The van der Waals surface area contributed by atoms with Crippen LogP contribution < -0.4 is 5.73 Å². The number of primary amides is 1. The molecule has 4 N–H and O–H groups in total. The minimum atomic E-state index is -0.687. The van der Waals surface area contributed by atoms with Crippen LogP contribution in [0.25, 0.3) is 28.4 Å². The molecule has 0 fully saturated rings. The van der Waals surface area contributed by atoms with Gasteiger partial charge >= 0.3 is 0 Å². The maximum Gasteiger partial charge on any atom is 0.269 e. The van der Waals surface area contributed by atoms with Gasteiger partial charge in [-0.25, -0.2) is 9.49 Å². The summed E-state index contributed by atoms with van der Waals surface area (Å²) in [6, 6.07) is 8.20. The molecule has 0 radical (unpaired) electrons. The molecule has 172 valence electrons. The number of rotatable bonds is 6. The summed E-state index contributed by atoms with van der Waals surface area (Å²) in [6.07, 6.45) is 1.92. The van der Waals surface area contributed by atoms with E-state index in [2.05, 4.69) is 30.4 Å². The monoisotopic (exact) mass is 461 g/mol. The number of nitrogens with one attached hydrogen (secondary N) is 1. The molecule has 0 spiro atoms. The molecule has 0 bridgehead atoms. The van der Waals surface area contributed by atoms with Crippen molar-refractivity contribution in [3.8, 4) is 23.2 Å². The van der Waals surface area contributed by atoms with Gasteiger partial charge in [-0.1, -0.05) is 18.2 Å². The number of aromatic nitrogens is 8. The van der Waals surface area contributed by atoms with Crippen LogP contribution in [0.2, 0.25) is 0 Å². The number of aromatic hydroxyl groups is 1. The molecule has 0 aliphatic heterocycles. The number of aryl methyl sites for hydroxylation is 4. The fourth-order valence-electron chi connectivity index (χ4n) is 3.80. The zero-order chi connectivity index (χ0) is 24.0. The number of hydrogen-bond acceptors (Lipinski definition) is 7. The molecule has 5 aromatic rings. The number of nitrogens with zero attached hydrogens (tertiary/aromatic N) is 7. The summed E-state index contributed by atoms with van der Waals surface area (Å²) < 4.78 is 17.0. The summed E-state index contributed by atoms with van der Waals surface area (Å²) in [7, 11) is 0. The Morgan fingerprint density at radius 3 is 2.79 bits per heavy atom.